The van der Waals surface area contributed by atoms with E-state index < -0.39 is 0 Å². The van der Waals surface area contributed by atoms with Crippen LogP contribution in [0.4, 0.5) is 0 Å². The van der Waals surface area contributed by atoms with E-state index in [0.717, 1.165) is 11.6 Å². The fourth-order valence-corrected chi connectivity index (χ4v) is 1.86. The molecule has 0 amide bonds. The summed E-state index contributed by atoms with van der Waals surface area (Å²) in [5, 5.41) is 4.30. The molecular weight excluding hydrogens is 182 g/mol. The Balaban J connectivity index is 2.37. The van der Waals surface area contributed by atoms with E-state index >= 15 is 0 Å². The van der Waals surface area contributed by atoms with Crippen molar-refractivity contribution in [3.05, 3.63) is 33.8 Å². The Morgan fingerprint density at radius 1 is 1.31 bits per heavy atom. The van der Waals surface area contributed by atoms with Crippen LogP contribution in [0, 0.1) is 13.8 Å². The van der Waals surface area contributed by atoms with Crippen LogP contribution in [0.25, 0.3) is 0 Å². The summed E-state index contributed by atoms with van der Waals surface area (Å²) in [7, 11) is 0. The first-order valence-corrected chi connectivity index (χ1v) is 5.06. The summed E-state index contributed by atoms with van der Waals surface area (Å²) in [5.41, 5.74) is 3.75. The molecule has 1 heterocycles. The zero-order chi connectivity index (χ0) is 9.42. The van der Waals surface area contributed by atoms with Gasteiger partial charge in [-0.05, 0) is 43.5 Å². The van der Waals surface area contributed by atoms with Crippen LogP contribution < -0.4 is 5.32 Å². The molecule has 2 rings (SSSR count). The molecular formula is C11H14ClN. The molecule has 70 valence electrons. The molecule has 1 fully saturated rings. The number of hydrogen-bond donors (Lipinski definition) is 1. The van der Waals surface area contributed by atoms with Gasteiger partial charge in [-0.3, -0.25) is 0 Å². The first-order chi connectivity index (χ1) is 6.18. The van der Waals surface area contributed by atoms with Gasteiger partial charge in [-0.2, -0.15) is 0 Å². The van der Waals surface area contributed by atoms with Crippen molar-refractivity contribution in [3.8, 4) is 0 Å². The Labute approximate surface area is 84.1 Å². The third-order valence-electron chi connectivity index (χ3n) is 2.68. The molecule has 0 saturated carbocycles. The van der Waals surface area contributed by atoms with E-state index in [0.29, 0.717) is 6.04 Å². The normalized spacial score (nSPS) is 21.3. The Morgan fingerprint density at radius 3 is 2.23 bits per heavy atom. The van der Waals surface area contributed by atoms with Gasteiger partial charge in [0.1, 0.15) is 0 Å². The van der Waals surface area contributed by atoms with Crippen LogP contribution >= 0.6 is 11.6 Å². The predicted octanol–water partition coefficient (Wildman–Crippen LogP) is 2.99. The predicted molar refractivity (Wildman–Crippen MR) is 56.3 cm³/mol. The van der Waals surface area contributed by atoms with Gasteiger partial charge in [-0.1, -0.05) is 23.7 Å². The summed E-state index contributed by atoms with van der Waals surface area (Å²) < 4.78 is 0. The quantitative estimate of drug-likeness (QED) is 0.727. The Morgan fingerprint density at radius 2 is 1.85 bits per heavy atom. The van der Waals surface area contributed by atoms with Crippen molar-refractivity contribution in [1.29, 1.82) is 0 Å². The summed E-state index contributed by atoms with van der Waals surface area (Å²) in [6.45, 7) is 5.28. The van der Waals surface area contributed by atoms with Gasteiger partial charge in [0.25, 0.3) is 0 Å². The number of halogens is 1. The number of benzene rings is 1. The molecule has 0 aliphatic carbocycles. The van der Waals surface area contributed by atoms with E-state index in [1.807, 2.05) is 0 Å². The molecule has 1 atom stereocenters. The molecule has 1 aliphatic rings. The lowest BCUT2D eigenvalue weighted by atomic mass is 9.95. The van der Waals surface area contributed by atoms with Gasteiger partial charge in [-0.15, -0.1) is 0 Å². The molecule has 1 unspecified atom stereocenters. The van der Waals surface area contributed by atoms with Crippen molar-refractivity contribution in [2.24, 2.45) is 0 Å². The molecule has 2 heteroatoms. The largest absolute Gasteiger partial charge is 0.310 e. The average molecular weight is 196 g/mol. The van der Waals surface area contributed by atoms with Crippen molar-refractivity contribution in [2.45, 2.75) is 26.3 Å². The van der Waals surface area contributed by atoms with E-state index in [9.17, 15) is 0 Å². The zero-order valence-electron chi connectivity index (χ0n) is 8.02. The summed E-state index contributed by atoms with van der Waals surface area (Å²) in [6.07, 6.45) is 1.25. The van der Waals surface area contributed by atoms with Crippen LogP contribution in [0.15, 0.2) is 12.1 Å². The molecule has 0 radical (unpaired) electrons. The highest BCUT2D eigenvalue weighted by Gasteiger charge is 2.19. The highest BCUT2D eigenvalue weighted by molar-refractivity contribution is 6.32. The van der Waals surface area contributed by atoms with E-state index in [2.05, 4.69) is 31.3 Å². The number of rotatable bonds is 1. The second-order valence-electron chi connectivity index (χ2n) is 3.76. The maximum absolute atomic E-state index is 6.10. The maximum atomic E-state index is 6.10. The SMILES string of the molecule is Cc1cc(C2CCN2)cc(C)c1Cl. The van der Waals surface area contributed by atoms with E-state index in [4.69, 9.17) is 11.6 Å². The van der Waals surface area contributed by atoms with Gasteiger partial charge < -0.3 is 5.32 Å². The highest BCUT2D eigenvalue weighted by atomic mass is 35.5. The fraction of sp³-hybridized carbons (Fsp3) is 0.455. The van der Waals surface area contributed by atoms with Crippen LogP contribution in [-0.2, 0) is 0 Å². The molecule has 0 aromatic heterocycles. The van der Waals surface area contributed by atoms with Gasteiger partial charge in [0.15, 0.2) is 0 Å². The lowest BCUT2D eigenvalue weighted by Crippen LogP contribution is -2.34. The van der Waals surface area contributed by atoms with Crippen LogP contribution in [0.1, 0.15) is 29.2 Å². The molecule has 1 N–H and O–H groups in total. The fourth-order valence-electron chi connectivity index (χ4n) is 1.75. The molecule has 0 bridgehead atoms. The molecule has 1 aromatic carbocycles. The van der Waals surface area contributed by atoms with Crippen molar-refractivity contribution in [1.82, 2.24) is 5.32 Å². The Bertz CT molecular complexity index is 306. The topological polar surface area (TPSA) is 12.0 Å². The monoisotopic (exact) mass is 195 g/mol. The van der Waals surface area contributed by atoms with Crippen molar-refractivity contribution in [3.63, 3.8) is 0 Å². The summed E-state index contributed by atoms with van der Waals surface area (Å²) in [4.78, 5) is 0. The van der Waals surface area contributed by atoms with Crippen molar-refractivity contribution < 1.29 is 0 Å². The van der Waals surface area contributed by atoms with Crippen molar-refractivity contribution >= 4 is 11.6 Å². The third-order valence-corrected chi connectivity index (χ3v) is 3.28. The minimum absolute atomic E-state index is 0.565. The number of hydrogen-bond acceptors (Lipinski definition) is 1. The minimum atomic E-state index is 0.565. The molecule has 1 nitrogen and oxygen atoms in total. The van der Waals surface area contributed by atoms with Gasteiger partial charge in [-0.25, -0.2) is 0 Å². The van der Waals surface area contributed by atoms with Gasteiger partial charge >= 0.3 is 0 Å². The molecule has 1 aliphatic heterocycles. The van der Waals surface area contributed by atoms with E-state index in [-0.39, 0.29) is 0 Å². The molecule has 1 aromatic rings. The lowest BCUT2D eigenvalue weighted by molar-refractivity contribution is 0.383. The summed E-state index contributed by atoms with van der Waals surface area (Å²) in [6, 6.07) is 4.94. The van der Waals surface area contributed by atoms with Crippen LogP contribution in [-0.4, -0.2) is 6.54 Å². The van der Waals surface area contributed by atoms with Gasteiger partial charge in [0.05, 0.1) is 0 Å². The molecule has 13 heavy (non-hydrogen) atoms. The second-order valence-corrected chi connectivity index (χ2v) is 4.14. The number of aryl methyl sites for hydroxylation is 2. The molecule has 0 spiro atoms. The van der Waals surface area contributed by atoms with Crippen LogP contribution in [0.5, 0.6) is 0 Å². The van der Waals surface area contributed by atoms with Gasteiger partial charge in [0, 0.05) is 11.1 Å². The smallest absolute Gasteiger partial charge is 0.0464 e. The minimum Gasteiger partial charge on any atom is -0.310 e. The lowest BCUT2D eigenvalue weighted by Gasteiger charge is -2.28. The summed E-state index contributed by atoms with van der Waals surface area (Å²) >= 11 is 6.10. The first-order valence-electron chi connectivity index (χ1n) is 4.68. The van der Waals surface area contributed by atoms with E-state index in [1.165, 1.54) is 23.1 Å². The number of nitrogens with one attached hydrogen (secondary N) is 1. The highest BCUT2D eigenvalue weighted by Crippen LogP contribution is 2.28. The standard InChI is InChI=1S/C11H14ClN/c1-7-5-9(10-3-4-13-10)6-8(2)11(7)12/h5-6,10,13H,3-4H2,1-2H3. The maximum Gasteiger partial charge on any atom is 0.0464 e. The molecule has 1 saturated heterocycles. The zero-order valence-corrected chi connectivity index (χ0v) is 8.78. The Hall–Kier alpha value is -0.530. The van der Waals surface area contributed by atoms with Gasteiger partial charge in [0.2, 0.25) is 0 Å². The Kier molecular flexibility index (Phi) is 2.31. The van der Waals surface area contributed by atoms with E-state index in [1.54, 1.807) is 0 Å². The summed E-state index contributed by atoms with van der Waals surface area (Å²) in [5.74, 6) is 0. The van der Waals surface area contributed by atoms with Crippen LogP contribution in [0.2, 0.25) is 5.02 Å². The first kappa shape index (κ1) is 9.04. The second kappa shape index (κ2) is 3.32. The van der Waals surface area contributed by atoms with Crippen LogP contribution in [0.3, 0.4) is 0 Å². The third kappa shape index (κ3) is 1.59. The average Bonchev–Trinajstić information content (AvgIpc) is 1.96. The van der Waals surface area contributed by atoms with Crippen molar-refractivity contribution in [2.75, 3.05) is 6.54 Å².